The maximum Gasteiger partial charge on any atom is 1.00 e. The smallest absolute Gasteiger partial charge is 0.542 e. The van der Waals surface area contributed by atoms with Crippen LogP contribution in [0.1, 0.15) is 45.8 Å². The number of hydrazone groups is 1. The number of rotatable bonds is 5. The number of nitrogens with zero attached hydrogens (tertiary/aromatic N) is 2. The number of carboxylic acid groups (broad SMARTS) is 1. The van der Waals surface area contributed by atoms with E-state index in [1.165, 1.54) is 24.3 Å². The Morgan fingerprint density at radius 2 is 1.93 bits per heavy atom. The SMILES string of the molecule is Cc1c(C(=O)[O-])oc2c1/C(=N/NC(=O)Cc1ccc([N+](=O)[O-])cc1)CCC2.[K+]. The molecule has 0 spiro atoms. The fourth-order valence-corrected chi connectivity index (χ4v) is 3.07. The maximum atomic E-state index is 12.1. The minimum atomic E-state index is -1.39. The van der Waals surface area contributed by atoms with Gasteiger partial charge in [0.2, 0.25) is 5.91 Å². The molecule has 0 radical (unpaired) electrons. The number of nitro benzene ring substituents is 1. The number of carboxylic acids is 1. The number of fused-ring (bicyclic) bond motifs is 1. The number of nitrogens with one attached hydrogen (secondary N) is 1. The van der Waals surface area contributed by atoms with Gasteiger partial charge in [0.1, 0.15) is 11.7 Å². The normalized spacial score (nSPS) is 14.1. The Bertz CT molecular complexity index is 949. The van der Waals surface area contributed by atoms with Crippen molar-refractivity contribution in [2.45, 2.75) is 32.6 Å². The third-order valence-electron chi connectivity index (χ3n) is 4.34. The Morgan fingerprint density at radius 1 is 1.25 bits per heavy atom. The number of hydrogen-bond acceptors (Lipinski definition) is 7. The number of carbonyl (C=O) groups is 2. The van der Waals surface area contributed by atoms with Crippen molar-refractivity contribution in [3.63, 3.8) is 0 Å². The number of aromatic carboxylic acids is 1. The summed E-state index contributed by atoms with van der Waals surface area (Å²) in [7, 11) is 0. The van der Waals surface area contributed by atoms with Gasteiger partial charge in [0.25, 0.3) is 5.69 Å². The summed E-state index contributed by atoms with van der Waals surface area (Å²) in [5, 5.41) is 25.9. The largest absolute Gasteiger partial charge is 1.00 e. The number of amides is 1. The number of furan rings is 1. The molecule has 1 N–H and O–H groups in total. The molecule has 1 aliphatic rings. The van der Waals surface area contributed by atoms with Gasteiger partial charge >= 0.3 is 51.4 Å². The fraction of sp³-hybridized carbons (Fsp3) is 0.278. The van der Waals surface area contributed by atoms with E-state index in [-0.39, 0.29) is 75.2 Å². The molecule has 1 heterocycles. The number of benzene rings is 1. The monoisotopic (exact) mass is 409 g/mol. The predicted molar refractivity (Wildman–Crippen MR) is 92.2 cm³/mol. The molecule has 3 rings (SSSR count). The molecule has 10 heteroatoms. The first-order valence-corrected chi connectivity index (χ1v) is 8.29. The molecular formula is C18H16KN3O6. The number of non-ortho nitro benzene ring substituents is 1. The van der Waals surface area contributed by atoms with Gasteiger partial charge in [-0.25, -0.2) is 5.43 Å². The average molecular weight is 409 g/mol. The van der Waals surface area contributed by atoms with Crippen LogP contribution < -0.4 is 61.9 Å². The van der Waals surface area contributed by atoms with E-state index < -0.39 is 10.9 Å². The summed E-state index contributed by atoms with van der Waals surface area (Å²) >= 11 is 0. The van der Waals surface area contributed by atoms with E-state index in [1.54, 1.807) is 6.92 Å². The molecule has 28 heavy (non-hydrogen) atoms. The standard InChI is InChI=1S/C18H17N3O6.K/c1-10-16-13(3-2-4-14(16)27-17(10)18(23)24)19-20-15(22)9-11-5-7-12(8-6-11)21(25)26;/h5-8H,2-4,9H2,1H3,(H,20,22)(H,23,24);/q;+1/p-1/b19-13+;. The van der Waals surface area contributed by atoms with Crippen LogP contribution in [0.3, 0.4) is 0 Å². The molecule has 9 nitrogen and oxygen atoms in total. The topological polar surface area (TPSA) is 138 Å². The first-order chi connectivity index (χ1) is 12.9. The van der Waals surface area contributed by atoms with Crippen LogP contribution in [0, 0.1) is 17.0 Å². The maximum absolute atomic E-state index is 12.1. The van der Waals surface area contributed by atoms with Crippen molar-refractivity contribution in [1.82, 2.24) is 5.43 Å². The Labute approximate surface area is 202 Å². The van der Waals surface area contributed by atoms with Crippen molar-refractivity contribution >= 4 is 23.3 Å². The van der Waals surface area contributed by atoms with Crippen LogP contribution in [0.25, 0.3) is 0 Å². The quantitative estimate of drug-likeness (QED) is 0.354. The molecule has 2 aromatic rings. The summed E-state index contributed by atoms with van der Waals surface area (Å²) in [6.07, 6.45) is 1.91. The van der Waals surface area contributed by atoms with Crippen LogP contribution in [-0.4, -0.2) is 22.5 Å². The molecule has 1 amide bonds. The van der Waals surface area contributed by atoms with Crippen LogP contribution in [0.2, 0.25) is 0 Å². The van der Waals surface area contributed by atoms with E-state index in [0.29, 0.717) is 41.0 Å². The van der Waals surface area contributed by atoms with E-state index in [4.69, 9.17) is 4.42 Å². The Kier molecular flexibility index (Phi) is 7.67. The molecule has 0 saturated heterocycles. The van der Waals surface area contributed by atoms with Gasteiger partial charge in [-0.05, 0) is 25.3 Å². The molecule has 0 atom stereocenters. The molecule has 1 aromatic heterocycles. The van der Waals surface area contributed by atoms with Gasteiger partial charge < -0.3 is 14.3 Å². The molecule has 1 aromatic carbocycles. The molecular weight excluding hydrogens is 393 g/mol. The van der Waals surface area contributed by atoms with Gasteiger partial charge in [0, 0.05) is 29.7 Å². The molecule has 0 saturated carbocycles. The summed E-state index contributed by atoms with van der Waals surface area (Å²) in [5.41, 5.74) is 4.62. The molecule has 140 valence electrons. The molecule has 1 aliphatic carbocycles. The van der Waals surface area contributed by atoms with Crippen LogP contribution in [0.15, 0.2) is 33.8 Å². The number of carbonyl (C=O) groups excluding carboxylic acids is 2. The van der Waals surface area contributed by atoms with Gasteiger partial charge in [-0.15, -0.1) is 0 Å². The van der Waals surface area contributed by atoms with Gasteiger partial charge in [-0.3, -0.25) is 14.9 Å². The summed E-state index contributed by atoms with van der Waals surface area (Å²) < 4.78 is 5.35. The van der Waals surface area contributed by atoms with Crippen molar-refractivity contribution in [3.8, 4) is 0 Å². The van der Waals surface area contributed by atoms with Crippen LogP contribution in [0.5, 0.6) is 0 Å². The second-order valence-corrected chi connectivity index (χ2v) is 6.19. The number of hydrogen-bond donors (Lipinski definition) is 1. The van der Waals surface area contributed by atoms with Crippen molar-refractivity contribution in [2.75, 3.05) is 0 Å². The molecule has 0 bridgehead atoms. The Hall–Kier alpha value is -1.85. The zero-order chi connectivity index (χ0) is 19.6. The van der Waals surface area contributed by atoms with E-state index >= 15 is 0 Å². The molecule has 0 unspecified atom stereocenters. The van der Waals surface area contributed by atoms with Crippen LogP contribution in [0.4, 0.5) is 5.69 Å². The minimum absolute atomic E-state index is 0. The summed E-state index contributed by atoms with van der Waals surface area (Å²) in [4.78, 5) is 33.4. The molecule has 0 fully saturated rings. The summed E-state index contributed by atoms with van der Waals surface area (Å²) in [6.45, 7) is 1.62. The Balaban J connectivity index is 0.00000280. The molecule has 0 aliphatic heterocycles. The first-order valence-electron chi connectivity index (χ1n) is 8.29. The van der Waals surface area contributed by atoms with E-state index in [2.05, 4.69) is 10.5 Å². The van der Waals surface area contributed by atoms with Gasteiger partial charge in [-0.2, -0.15) is 5.10 Å². The number of aryl methyl sites for hydroxylation is 1. The van der Waals surface area contributed by atoms with Gasteiger partial charge in [-0.1, -0.05) is 12.1 Å². The van der Waals surface area contributed by atoms with Crippen molar-refractivity contribution in [1.29, 1.82) is 0 Å². The average Bonchev–Trinajstić information content (AvgIpc) is 2.98. The third-order valence-corrected chi connectivity index (χ3v) is 4.34. The predicted octanol–water partition coefficient (Wildman–Crippen LogP) is -1.74. The van der Waals surface area contributed by atoms with Crippen LogP contribution in [-0.2, 0) is 17.6 Å². The van der Waals surface area contributed by atoms with Crippen molar-refractivity contribution in [2.24, 2.45) is 5.10 Å². The third kappa shape index (κ3) is 4.95. The van der Waals surface area contributed by atoms with Gasteiger partial charge in [0.15, 0.2) is 5.76 Å². The van der Waals surface area contributed by atoms with E-state index in [9.17, 15) is 24.8 Å². The minimum Gasteiger partial charge on any atom is -0.542 e. The summed E-state index contributed by atoms with van der Waals surface area (Å²) in [6, 6.07) is 5.68. The zero-order valence-electron chi connectivity index (χ0n) is 15.5. The second-order valence-electron chi connectivity index (χ2n) is 6.19. The van der Waals surface area contributed by atoms with Crippen molar-refractivity contribution in [3.05, 3.63) is 62.6 Å². The Morgan fingerprint density at radius 3 is 2.54 bits per heavy atom. The zero-order valence-corrected chi connectivity index (χ0v) is 18.6. The summed E-state index contributed by atoms with van der Waals surface area (Å²) in [5.74, 6) is -1.46. The van der Waals surface area contributed by atoms with Crippen LogP contribution >= 0.6 is 0 Å². The fourth-order valence-electron chi connectivity index (χ4n) is 3.07. The first kappa shape index (κ1) is 22.4. The van der Waals surface area contributed by atoms with E-state index in [0.717, 1.165) is 6.42 Å². The van der Waals surface area contributed by atoms with Gasteiger partial charge in [0.05, 0.1) is 17.1 Å². The van der Waals surface area contributed by atoms with E-state index in [1.807, 2.05) is 0 Å². The second kappa shape index (κ2) is 9.57. The number of nitro groups is 1. The van der Waals surface area contributed by atoms with Crippen molar-refractivity contribution < 1.29 is 75.4 Å².